The molecule has 2 fully saturated rings. The fourth-order valence-electron chi connectivity index (χ4n) is 4.81. The minimum atomic E-state index is -0.334. The highest BCUT2D eigenvalue weighted by Crippen LogP contribution is 2.39. The lowest BCUT2D eigenvalue weighted by atomic mass is 10.1. The number of aliphatic hydroxyl groups is 1. The van der Waals surface area contributed by atoms with Crippen molar-refractivity contribution >= 4 is 51.7 Å². The third kappa shape index (κ3) is 6.31. The predicted octanol–water partition coefficient (Wildman–Crippen LogP) is 3.33. The van der Waals surface area contributed by atoms with Crippen molar-refractivity contribution in [2.75, 3.05) is 56.6 Å². The standard InChI is InChI=1S/C27H33N7O4S2/c1-16-11-21(38-4)20(26(37)33-9-7-32(8-10-33)18(3)35)12-22(16)39-25-14-28-27(40-25)31-23-13-24(30-17(2)29-23)34-6-5-19(36)15-34/h11-14,19,36H,5-10,15H2,1-4H3,(H,28,29,30,31). The molecule has 1 aromatic carbocycles. The summed E-state index contributed by atoms with van der Waals surface area (Å²) in [6.07, 6.45) is 2.20. The summed E-state index contributed by atoms with van der Waals surface area (Å²) >= 11 is 3.04. The van der Waals surface area contributed by atoms with Crippen molar-refractivity contribution in [3.8, 4) is 5.75 Å². The second-order valence-corrected chi connectivity index (χ2v) is 12.2. The maximum Gasteiger partial charge on any atom is 0.257 e. The molecule has 0 radical (unpaired) electrons. The van der Waals surface area contributed by atoms with Crippen LogP contribution in [0.1, 0.15) is 35.1 Å². The molecule has 2 aromatic heterocycles. The first-order chi connectivity index (χ1) is 19.2. The maximum absolute atomic E-state index is 13.4. The van der Waals surface area contributed by atoms with Crippen LogP contribution in [0.5, 0.6) is 5.75 Å². The number of hydrogen-bond donors (Lipinski definition) is 2. The topological polar surface area (TPSA) is 124 Å². The molecule has 2 aliphatic heterocycles. The molecule has 2 aliphatic rings. The summed E-state index contributed by atoms with van der Waals surface area (Å²) in [6, 6.07) is 5.65. The molecule has 2 amide bonds. The van der Waals surface area contributed by atoms with Gasteiger partial charge in [0.2, 0.25) is 5.91 Å². The molecule has 1 atom stereocenters. The Hall–Kier alpha value is -3.42. The average molecular weight is 584 g/mol. The quantitative estimate of drug-likeness (QED) is 0.428. The van der Waals surface area contributed by atoms with Gasteiger partial charge in [-0.2, -0.15) is 0 Å². The van der Waals surface area contributed by atoms with Gasteiger partial charge in [-0.15, -0.1) is 0 Å². The van der Waals surface area contributed by atoms with E-state index in [4.69, 9.17) is 4.74 Å². The number of aliphatic hydroxyl groups excluding tert-OH is 1. The van der Waals surface area contributed by atoms with E-state index < -0.39 is 0 Å². The first-order valence-electron chi connectivity index (χ1n) is 13.1. The average Bonchev–Trinajstić information content (AvgIpc) is 3.57. The van der Waals surface area contributed by atoms with E-state index in [0.29, 0.717) is 60.8 Å². The van der Waals surface area contributed by atoms with Gasteiger partial charge in [-0.1, -0.05) is 23.1 Å². The van der Waals surface area contributed by atoms with Gasteiger partial charge in [0, 0.05) is 57.2 Å². The fraction of sp³-hybridized carbons (Fsp3) is 0.444. The normalized spacial score (nSPS) is 17.3. The number of rotatable bonds is 7. The minimum Gasteiger partial charge on any atom is -0.496 e. The Bertz CT molecular complexity index is 1410. The van der Waals surface area contributed by atoms with Gasteiger partial charge < -0.3 is 29.9 Å². The number of methoxy groups -OCH3 is 1. The molecule has 5 rings (SSSR count). The highest BCUT2D eigenvalue weighted by molar-refractivity contribution is 8.01. The van der Waals surface area contributed by atoms with E-state index in [-0.39, 0.29) is 17.9 Å². The van der Waals surface area contributed by atoms with Crippen LogP contribution in [-0.2, 0) is 4.79 Å². The number of thiazole rings is 1. The van der Waals surface area contributed by atoms with Gasteiger partial charge >= 0.3 is 0 Å². The Balaban J connectivity index is 1.30. The Morgan fingerprint density at radius 2 is 1.85 bits per heavy atom. The van der Waals surface area contributed by atoms with Crippen molar-refractivity contribution in [3.63, 3.8) is 0 Å². The summed E-state index contributed by atoms with van der Waals surface area (Å²) in [5, 5.41) is 13.9. The SMILES string of the molecule is COc1cc(C)c(Sc2cnc(Nc3cc(N4CCC(O)C4)nc(C)n3)s2)cc1C(=O)N1CCN(C(C)=O)CC1. The van der Waals surface area contributed by atoms with Gasteiger partial charge in [0.05, 0.1) is 29.2 Å². The number of anilines is 3. The van der Waals surface area contributed by atoms with Crippen LogP contribution in [0.2, 0.25) is 0 Å². The smallest absolute Gasteiger partial charge is 0.257 e. The first-order valence-corrected chi connectivity index (χ1v) is 14.8. The van der Waals surface area contributed by atoms with E-state index in [1.807, 2.05) is 32.0 Å². The van der Waals surface area contributed by atoms with Crippen molar-refractivity contribution in [2.45, 2.75) is 42.4 Å². The number of amides is 2. The van der Waals surface area contributed by atoms with Gasteiger partial charge in [0.15, 0.2) is 5.13 Å². The van der Waals surface area contributed by atoms with Crippen molar-refractivity contribution in [3.05, 3.63) is 41.3 Å². The Kier molecular flexibility index (Phi) is 8.43. The van der Waals surface area contributed by atoms with Crippen LogP contribution in [-0.4, -0.2) is 94.2 Å². The number of β-amino-alcohol motifs (C(OH)–C–C–N with tert-alkyl or cyclic N) is 1. The molecule has 40 heavy (non-hydrogen) atoms. The molecule has 4 heterocycles. The van der Waals surface area contributed by atoms with Gasteiger partial charge in [-0.25, -0.2) is 15.0 Å². The van der Waals surface area contributed by atoms with Crippen LogP contribution in [0.15, 0.2) is 33.5 Å². The molecule has 1 unspecified atom stereocenters. The number of aromatic nitrogens is 3. The molecule has 212 valence electrons. The van der Waals surface area contributed by atoms with E-state index in [2.05, 4.69) is 25.2 Å². The Labute approximate surface area is 241 Å². The van der Waals surface area contributed by atoms with Gasteiger partial charge in [0.1, 0.15) is 23.2 Å². The third-order valence-electron chi connectivity index (χ3n) is 6.98. The number of carbonyl (C=O) groups excluding carboxylic acids is 2. The molecule has 0 bridgehead atoms. The second-order valence-electron chi connectivity index (χ2n) is 9.87. The fourth-order valence-corrected chi connectivity index (χ4v) is 6.76. The number of nitrogens with zero attached hydrogens (tertiary/aromatic N) is 6. The summed E-state index contributed by atoms with van der Waals surface area (Å²) in [5.74, 6) is 2.53. The second kappa shape index (κ2) is 12.0. The van der Waals surface area contributed by atoms with Crippen LogP contribution >= 0.6 is 23.1 Å². The van der Waals surface area contributed by atoms with Crippen LogP contribution in [0, 0.1) is 13.8 Å². The summed E-state index contributed by atoms with van der Waals surface area (Å²) in [6.45, 7) is 8.75. The van der Waals surface area contributed by atoms with E-state index in [0.717, 1.165) is 33.5 Å². The molecule has 3 aromatic rings. The molecular weight excluding hydrogens is 550 g/mol. The molecular formula is C27H33N7O4S2. The molecule has 2 N–H and O–H groups in total. The minimum absolute atomic E-state index is 0.0267. The highest BCUT2D eigenvalue weighted by Gasteiger charge is 2.26. The zero-order valence-electron chi connectivity index (χ0n) is 23.0. The molecule has 2 saturated heterocycles. The van der Waals surface area contributed by atoms with Crippen molar-refractivity contribution in [1.29, 1.82) is 0 Å². The maximum atomic E-state index is 13.4. The molecule has 11 nitrogen and oxygen atoms in total. The third-order valence-corrected chi connectivity index (χ3v) is 9.16. The first kappa shape index (κ1) is 28.1. The summed E-state index contributed by atoms with van der Waals surface area (Å²) in [7, 11) is 1.57. The number of ether oxygens (including phenoxy) is 1. The Morgan fingerprint density at radius 1 is 1.10 bits per heavy atom. The van der Waals surface area contributed by atoms with Crippen LogP contribution in [0.4, 0.5) is 16.8 Å². The molecule has 0 spiro atoms. The van der Waals surface area contributed by atoms with Gasteiger partial charge in [0.25, 0.3) is 5.91 Å². The zero-order valence-corrected chi connectivity index (χ0v) is 24.6. The lowest BCUT2D eigenvalue weighted by Crippen LogP contribution is -2.50. The molecule has 0 saturated carbocycles. The largest absolute Gasteiger partial charge is 0.496 e. The van der Waals surface area contributed by atoms with Gasteiger partial charge in [-0.05, 0) is 38.0 Å². The Morgan fingerprint density at radius 3 is 2.52 bits per heavy atom. The summed E-state index contributed by atoms with van der Waals surface area (Å²) in [4.78, 5) is 45.2. The number of hydrogen-bond acceptors (Lipinski definition) is 11. The molecule has 13 heteroatoms. The van der Waals surface area contributed by atoms with Crippen molar-refractivity contribution < 1.29 is 19.4 Å². The highest BCUT2D eigenvalue weighted by atomic mass is 32.2. The van der Waals surface area contributed by atoms with Crippen molar-refractivity contribution in [1.82, 2.24) is 24.8 Å². The molecule has 0 aliphatic carbocycles. The van der Waals surface area contributed by atoms with Crippen LogP contribution < -0.4 is 15.0 Å². The lowest BCUT2D eigenvalue weighted by Gasteiger charge is -2.34. The zero-order chi connectivity index (χ0) is 28.4. The monoisotopic (exact) mass is 583 g/mol. The number of aryl methyl sites for hydroxylation is 2. The predicted molar refractivity (Wildman–Crippen MR) is 155 cm³/mol. The number of carbonyl (C=O) groups is 2. The van der Waals surface area contributed by atoms with E-state index in [9.17, 15) is 14.7 Å². The number of nitrogens with one attached hydrogen (secondary N) is 1. The van der Waals surface area contributed by atoms with Crippen molar-refractivity contribution in [2.24, 2.45) is 0 Å². The summed E-state index contributed by atoms with van der Waals surface area (Å²) in [5.41, 5.74) is 1.50. The number of piperazine rings is 1. The van der Waals surface area contributed by atoms with Crippen LogP contribution in [0.25, 0.3) is 0 Å². The van der Waals surface area contributed by atoms with E-state index in [1.54, 1.807) is 41.8 Å². The lowest BCUT2D eigenvalue weighted by molar-refractivity contribution is -0.130. The van der Waals surface area contributed by atoms with Crippen LogP contribution in [0.3, 0.4) is 0 Å². The summed E-state index contributed by atoms with van der Waals surface area (Å²) < 4.78 is 6.52. The van der Waals surface area contributed by atoms with Gasteiger partial charge in [-0.3, -0.25) is 9.59 Å². The van der Waals surface area contributed by atoms with E-state index in [1.165, 1.54) is 11.3 Å². The number of benzene rings is 1. The van der Waals surface area contributed by atoms with E-state index >= 15 is 0 Å².